The summed E-state index contributed by atoms with van der Waals surface area (Å²) in [4.78, 5) is 12.6. The molecule has 0 aromatic heterocycles. The van der Waals surface area contributed by atoms with Gasteiger partial charge in [-0.25, -0.2) is 0 Å². The van der Waals surface area contributed by atoms with E-state index in [0.717, 1.165) is 17.5 Å². The van der Waals surface area contributed by atoms with E-state index >= 15 is 0 Å². The quantitative estimate of drug-likeness (QED) is 0.517. The fourth-order valence-corrected chi connectivity index (χ4v) is 3.36. The van der Waals surface area contributed by atoms with E-state index in [2.05, 4.69) is 38.6 Å². The summed E-state index contributed by atoms with van der Waals surface area (Å²) < 4.78 is 0. The molecule has 0 spiro atoms. The van der Waals surface area contributed by atoms with Crippen LogP contribution in [0.15, 0.2) is 49.1 Å². The van der Waals surface area contributed by atoms with E-state index in [1.807, 2.05) is 18.2 Å². The van der Waals surface area contributed by atoms with Crippen LogP contribution in [-0.4, -0.2) is 5.78 Å². The second-order valence-corrected chi connectivity index (χ2v) is 7.12. The van der Waals surface area contributed by atoms with Crippen LogP contribution in [0.2, 0.25) is 10.0 Å². The molecule has 0 amide bonds. The number of ketones is 1. The number of rotatable bonds is 7. The molecule has 0 heterocycles. The summed E-state index contributed by atoms with van der Waals surface area (Å²) in [6.07, 6.45) is 3.50. The van der Waals surface area contributed by atoms with Crippen molar-refractivity contribution in [1.29, 1.82) is 0 Å². The van der Waals surface area contributed by atoms with Gasteiger partial charge in [-0.3, -0.25) is 4.79 Å². The molecule has 0 N–H and O–H groups in total. The molecular formula is C21H22Cl2O. The van der Waals surface area contributed by atoms with Crippen LogP contribution in [-0.2, 0) is 11.2 Å². The Morgan fingerprint density at radius 2 is 1.75 bits per heavy atom. The molecule has 0 aliphatic rings. The molecule has 0 saturated carbocycles. The number of Topliss-reactive ketones (excluding diaryl/α,β-unsaturated/α-hetero) is 1. The van der Waals surface area contributed by atoms with Gasteiger partial charge >= 0.3 is 0 Å². The van der Waals surface area contributed by atoms with Crippen LogP contribution in [0.4, 0.5) is 0 Å². The molecule has 0 bridgehead atoms. The summed E-state index contributed by atoms with van der Waals surface area (Å²) in [5.74, 6) is 0.300. The van der Waals surface area contributed by atoms with Gasteiger partial charge < -0.3 is 0 Å². The summed E-state index contributed by atoms with van der Waals surface area (Å²) in [6, 6.07) is 11.8. The lowest BCUT2D eigenvalue weighted by atomic mass is 9.89. The Hall–Kier alpha value is -1.57. The molecule has 2 aromatic carbocycles. The van der Waals surface area contributed by atoms with Crippen molar-refractivity contribution in [2.75, 3.05) is 0 Å². The minimum atomic E-state index is 0.0793. The van der Waals surface area contributed by atoms with Crippen molar-refractivity contribution < 1.29 is 4.79 Å². The van der Waals surface area contributed by atoms with Crippen LogP contribution in [0.25, 0.3) is 0 Å². The zero-order valence-electron chi connectivity index (χ0n) is 14.1. The van der Waals surface area contributed by atoms with E-state index in [4.69, 9.17) is 23.2 Å². The maximum atomic E-state index is 12.6. The number of hydrogen-bond acceptors (Lipinski definition) is 1. The zero-order chi connectivity index (χ0) is 17.7. The van der Waals surface area contributed by atoms with E-state index in [1.165, 1.54) is 11.1 Å². The highest BCUT2D eigenvalue weighted by Crippen LogP contribution is 2.30. The first-order valence-corrected chi connectivity index (χ1v) is 8.79. The maximum absolute atomic E-state index is 12.6. The molecule has 0 aliphatic carbocycles. The topological polar surface area (TPSA) is 17.1 Å². The fraction of sp³-hybridized carbons (Fsp3) is 0.286. The summed E-state index contributed by atoms with van der Waals surface area (Å²) in [5.41, 5.74) is 4.47. The first kappa shape index (κ1) is 18.8. The SMILES string of the molecule is C=CCC(CC(=O)Cc1cc(C)cc(C)c1)c1ccc(Cl)c(Cl)c1. The van der Waals surface area contributed by atoms with Crippen LogP contribution in [0.5, 0.6) is 0 Å². The molecule has 0 radical (unpaired) electrons. The molecule has 1 unspecified atom stereocenters. The lowest BCUT2D eigenvalue weighted by Gasteiger charge is -2.16. The summed E-state index contributed by atoms with van der Waals surface area (Å²) in [6.45, 7) is 7.92. The van der Waals surface area contributed by atoms with Crippen LogP contribution in [0.1, 0.15) is 41.0 Å². The van der Waals surface area contributed by atoms with E-state index in [-0.39, 0.29) is 11.7 Å². The Kier molecular flexibility index (Phi) is 6.65. The maximum Gasteiger partial charge on any atom is 0.137 e. The third-order valence-corrected chi connectivity index (χ3v) is 4.76. The van der Waals surface area contributed by atoms with Gasteiger partial charge in [0.15, 0.2) is 0 Å². The van der Waals surface area contributed by atoms with Gasteiger partial charge in [-0.2, -0.15) is 0 Å². The normalized spacial score (nSPS) is 12.0. The Morgan fingerprint density at radius 1 is 1.08 bits per heavy atom. The minimum Gasteiger partial charge on any atom is -0.299 e. The minimum absolute atomic E-state index is 0.0793. The van der Waals surface area contributed by atoms with E-state index in [9.17, 15) is 4.79 Å². The van der Waals surface area contributed by atoms with Crippen molar-refractivity contribution in [3.8, 4) is 0 Å². The van der Waals surface area contributed by atoms with Gasteiger partial charge in [0, 0.05) is 12.8 Å². The zero-order valence-corrected chi connectivity index (χ0v) is 15.6. The molecule has 1 nitrogen and oxygen atoms in total. The predicted octanol–water partition coefficient (Wildman–Crippen LogP) is 6.47. The summed E-state index contributed by atoms with van der Waals surface area (Å²) >= 11 is 12.1. The lowest BCUT2D eigenvalue weighted by molar-refractivity contribution is -0.118. The van der Waals surface area contributed by atoms with Crippen molar-refractivity contribution in [3.63, 3.8) is 0 Å². The monoisotopic (exact) mass is 360 g/mol. The Labute approximate surface area is 154 Å². The highest BCUT2D eigenvalue weighted by molar-refractivity contribution is 6.42. The Balaban J connectivity index is 2.13. The number of benzene rings is 2. The average Bonchev–Trinajstić information content (AvgIpc) is 2.48. The van der Waals surface area contributed by atoms with Crippen LogP contribution in [0.3, 0.4) is 0 Å². The molecule has 24 heavy (non-hydrogen) atoms. The number of allylic oxidation sites excluding steroid dienone is 1. The van der Waals surface area contributed by atoms with Crippen molar-refractivity contribution in [1.82, 2.24) is 0 Å². The largest absolute Gasteiger partial charge is 0.299 e. The highest BCUT2D eigenvalue weighted by Gasteiger charge is 2.16. The third-order valence-electron chi connectivity index (χ3n) is 4.02. The van der Waals surface area contributed by atoms with Gasteiger partial charge in [0.1, 0.15) is 5.78 Å². The average molecular weight is 361 g/mol. The van der Waals surface area contributed by atoms with Crippen LogP contribution in [0, 0.1) is 13.8 Å². The first-order valence-electron chi connectivity index (χ1n) is 8.03. The lowest BCUT2D eigenvalue weighted by Crippen LogP contribution is -2.10. The van der Waals surface area contributed by atoms with Gasteiger partial charge in [-0.1, -0.05) is 64.7 Å². The fourth-order valence-electron chi connectivity index (χ4n) is 3.05. The summed E-state index contributed by atoms with van der Waals surface area (Å²) in [7, 11) is 0. The molecule has 1 atom stereocenters. The highest BCUT2D eigenvalue weighted by atomic mass is 35.5. The molecular weight excluding hydrogens is 339 g/mol. The van der Waals surface area contributed by atoms with Gasteiger partial charge in [-0.05, 0) is 49.4 Å². The van der Waals surface area contributed by atoms with E-state index in [0.29, 0.717) is 22.9 Å². The number of aryl methyl sites for hydroxylation is 2. The van der Waals surface area contributed by atoms with Crippen molar-refractivity contribution >= 4 is 29.0 Å². The molecule has 2 rings (SSSR count). The molecule has 126 valence electrons. The van der Waals surface area contributed by atoms with E-state index < -0.39 is 0 Å². The number of carbonyl (C=O) groups excluding carboxylic acids is 1. The second-order valence-electron chi connectivity index (χ2n) is 6.31. The molecule has 0 aliphatic heterocycles. The Bertz CT molecular complexity index is 729. The Morgan fingerprint density at radius 3 is 2.33 bits per heavy atom. The van der Waals surface area contributed by atoms with Crippen molar-refractivity contribution in [2.45, 2.75) is 39.0 Å². The van der Waals surface area contributed by atoms with Gasteiger partial charge in [0.2, 0.25) is 0 Å². The van der Waals surface area contributed by atoms with Crippen LogP contribution < -0.4 is 0 Å². The first-order chi connectivity index (χ1) is 11.4. The third kappa shape index (κ3) is 5.22. The van der Waals surface area contributed by atoms with Gasteiger partial charge in [0.05, 0.1) is 10.0 Å². The standard InChI is InChI=1S/C21H22Cl2O/c1-4-5-17(18-6-7-20(22)21(23)13-18)12-19(24)11-16-9-14(2)8-15(3)10-16/h4,6-10,13,17H,1,5,11-12H2,2-3H3. The molecule has 2 aromatic rings. The molecule has 3 heteroatoms. The van der Waals surface area contributed by atoms with Crippen molar-refractivity contribution in [2.24, 2.45) is 0 Å². The second kappa shape index (κ2) is 8.50. The van der Waals surface area contributed by atoms with Gasteiger partial charge in [0.25, 0.3) is 0 Å². The van der Waals surface area contributed by atoms with Crippen LogP contribution >= 0.6 is 23.2 Å². The number of hydrogen-bond donors (Lipinski definition) is 0. The predicted molar refractivity (Wildman–Crippen MR) is 103 cm³/mol. The van der Waals surface area contributed by atoms with E-state index in [1.54, 1.807) is 6.07 Å². The number of halogens is 2. The smallest absolute Gasteiger partial charge is 0.137 e. The molecule has 0 fully saturated rings. The van der Waals surface area contributed by atoms with Crippen molar-refractivity contribution in [3.05, 3.63) is 81.4 Å². The molecule has 0 saturated heterocycles. The number of carbonyl (C=O) groups is 1. The van der Waals surface area contributed by atoms with Gasteiger partial charge in [-0.15, -0.1) is 6.58 Å². The summed E-state index contributed by atoms with van der Waals surface area (Å²) in [5, 5.41) is 1.05.